The average molecular weight is 290 g/mol. The summed E-state index contributed by atoms with van der Waals surface area (Å²) in [5, 5.41) is 12.0. The molecule has 2 N–H and O–H groups in total. The van der Waals surface area contributed by atoms with Crippen LogP contribution in [0.25, 0.3) is 0 Å². The maximum absolute atomic E-state index is 12.2. The number of rotatable bonds is 4. The Labute approximate surface area is 125 Å². The molecule has 0 unspecified atom stereocenters. The molecule has 1 amide bonds. The zero-order chi connectivity index (χ0) is 15.5. The van der Waals surface area contributed by atoms with Gasteiger partial charge in [0, 0.05) is 6.54 Å². The van der Waals surface area contributed by atoms with E-state index in [1.165, 1.54) is 6.07 Å². The van der Waals surface area contributed by atoms with Crippen LogP contribution in [0.1, 0.15) is 40.5 Å². The number of amides is 1. The first kappa shape index (κ1) is 15.5. The van der Waals surface area contributed by atoms with Gasteiger partial charge < -0.3 is 15.3 Å². The van der Waals surface area contributed by atoms with Crippen molar-refractivity contribution in [3.8, 4) is 0 Å². The van der Waals surface area contributed by atoms with Crippen molar-refractivity contribution in [3.05, 3.63) is 35.4 Å². The maximum Gasteiger partial charge on any atom is 0.336 e. The molecule has 1 fully saturated rings. The van der Waals surface area contributed by atoms with Gasteiger partial charge in [-0.1, -0.05) is 19.1 Å². The highest BCUT2D eigenvalue weighted by Crippen LogP contribution is 2.29. The quantitative estimate of drug-likeness (QED) is 0.888. The highest BCUT2D eigenvalue weighted by Gasteiger charge is 2.29. The Kier molecular flexibility index (Phi) is 4.63. The fraction of sp³-hybridized carbons (Fsp3) is 0.500. The van der Waals surface area contributed by atoms with E-state index in [1.54, 1.807) is 18.2 Å². The Morgan fingerprint density at radius 2 is 1.81 bits per heavy atom. The number of piperidine rings is 1. The number of nitrogens with one attached hydrogen (secondary N) is 1. The predicted octanol–water partition coefficient (Wildman–Crippen LogP) is 1.85. The topological polar surface area (TPSA) is 69.6 Å². The summed E-state index contributed by atoms with van der Waals surface area (Å²) >= 11 is 0. The smallest absolute Gasteiger partial charge is 0.336 e. The summed E-state index contributed by atoms with van der Waals surface area (Å²) in [6.07, 6.45) is 2.06. The van der Waals surface area contributed by atoms with E-state index in [9.17, 15) is 9.59 Å². The molecule has 1 heterocycles. The molecule has 0 spiro atoms. The molecule has 0 aliphatic carbocycles. The fourth-order valence-electron chi connectivity index (χ4n) is 2.59. The van der Waals surface area contributed by atoms with Crippen LogP contribution in [0.4, 0.5) is 0 Å². The van der Waals surface area contributed by atoms with Gasteiger partial charge in [-0.3, -0.25) is 4.79 Å². The lowest BCUT2D eigenvalue weighted by molar-refractivity contribution is 0.0690. The zero-order valence-electron chi connectivity index (χ0n) is 12.6. The van der Waals surface area contributed by atoms with E-state index in [0.29, 0.717) is 6.54 Å². The molecule has 0 bridgehead atoms. The molecule has 5 heteroatoms. The Hall–Kier alpha value is -1.88. The summed E-state index contributed by atoms with van der Waals surface area (Å²) in [6, 6.07) is 6.31. The standard InChI is InChI=1S/C16H22N2O3/c1-16(7-9-18(2)10-8-16)11-17-14(19)12-5-3-4-6-13(12)15(20)21/h3-6H,7-11H2,1-2H3,(H,17,19)(H,20,21). The summed E-state index contributed by atoms with van der Waals surface area (Å²) in [7, 11) is 2.10. The van der Waals surface area contributed by atoms with Gasteiger partial charge in [-0.2, -0.15) is 0 Å². The van der Waals surface area contributed by atoms with Gasteiger partial charge in [0.2, 0.25) is 0 Å². The lowest BCUT2D eigenvalue weighted by atomic mass is 9.80. The van der Waals surface area contributed by atoms with E-state index in [1.807, 2.05) is 0 Å². The van der Waals surface area contributed by atoms with Crippen molar-refractivity contribution < 1.29 is 14.7 Å². The van der Waals surface area contributed by atoms with Crippen molar-refractivity contribution in [3.63, 3.8) is 0 Å². The first-order valence-corrected chi connectivity index (χ1v) is 7.20. The van der Waals surface area contributed by atoms with Crippen molar-refractivity contribution in [1.82, 2.24) is 10.2 Å². The third-order valence-corrected chi connectivity index (χ3v) is 4.27. The molecular formula is C16H22N2O3. The fourth-order valence-corrected chi connectivity index (χ4v) is 2.59. The molecule has 1 aromatic carbocycles. The van der Waals surface area contributed by atoms with Crippen LogP contribution in [0.5, 0.6) is 0 Å². The highest BCUT2D eigenvalue weighted by atomic mass is 16.4. The van der Waals surface area contributed by atoms with Gasteiger partial charge in [0.15, 0.2) is 0 Å². The first-order valence-electron chi connectivity index (χ1n) is 7.20. The second-order valence-corrected chi connectivity index (χ2v) is 6.15. The molecule has 21 heavy (non-hydrogen) atoms. The molecule has 0 saturated carbocycles. The summed E-state index contributed by atoms with van der Waals surface area (Å²) in [5.41, 5.74) is 0.352. The van der Waals surface area contributed by atoms with Crippen LogP contribution < -0.4 is 5.32 Å². The maximum atomic E-state index is 12.2. The van der Waals surface area contributed by atoms with E-state index in [4.69, 9.17) is 5.11 Å². The van der Waals surface area contributed by atoms with Crippen LogP contribution in [0.3, 0.4) is 0 Å². The molecular weight excluding hydrogens is 268 g/mol. The van der Waals surface area contributed by atoms with E-state index in [2.05, 4.69) is 24.2 Å². The average Bonchev–Trinajstić information content (AvgIpc) is 2.48. The van der Waals surface area contributed by atoms with Crippen LogP contribution in [-0.4, -0.2) is 48.6 Å². The van der Waals surface area contributed by atoms with E-state index < -0.39 is 5.97 Å². The summed E-state index contributed by atoms with van der Waals surface area (Å²) < 4.78 is 0. The summed E-state index contributed by atoms with van der Waals surface area (Å²) in [4.78, 5) is 25.7. The Morgan fingerprint density at radius 1 is 1.24 bits per heavy atom. The minimum absolute atomic E-state index is 0.0449. The molecule has 114 valence electrons. The van der Waals surface area contributed by atoms with Crippen LogP contribution in [0.15, 0.2) is 24.3 Å². The highest BCUT2D eigenvalue weighted by molar-refractivity contribution is 6.04. The van der Waals surface area contributed by atoms with Crippen LogP contribution in [0, 0.1) is 5.41 Å². The number of hydrogen-bond acceptors (Lipinski definition) is 3. The largest absolute Gasteiger partial charge is 0.478 e. The van der Waals surface area contributed by atoms with Crippen molar-refractivity contribution in [2.24, 2.45) is 5.41 Å². The monoisotopic (exact) mass is 290 g/mol. The molecule has 1 saturated heterocycles. The van der Waals surface area contributed by atoms with E-state index >= 15 is 0 Å². The number of nitrogens with zero attached hydrogens (tertiary/aromatic N) is 1. The predicted molar refractivity (Wildman–Crippen MR) is 80.6 cm³/mol. The molecule has 1 aliphatic rings. The van der Waals surface area contributed by atoms with Gasteiger partial charge >= 0.3 is 5.97 Å². The van der Waals surface area contributed by atoms with Crippen LogP contribution in [0.2, 0.25) is 0 Å². The van der Waals surface area contributed by atoms with Crippen molar-refractivity contribution in [1.29, 1.82) is 0 Å². The summed E-state index contributed by atoms with van der Waals surface area (Å²) in [6.45, 7) is 4.80. The number of aromatic carboxylic acids is 1. The van der Waals surface area contributed by atoms with Crippen LogP contribution in [-0.2, 0) is 0 Å². The minimum atomic E-state index is -1.08. The third-order valence-electron chi connectivity index (χ3n) is 4.27. The molecule has 2 rings (SSSR count). The SMILES string of the molecule is CN1CCC(C)(CNC(=O)c2ccccc2C(=O)O)CC1. The number of likely N-dealkylation sites (tertiary alicyclic amines) is 1. The van der Waals surface area contributed by atoms with Gasteiger partial charge in [-0.25, -0.2) is 4.79 Å². The second kappa shape index (κ2) is 6.26. The third kappa shape index (κ3) is 3.82. The Bertz CT molecular complexity index is 534. The van der Waals surface area contributed by atoms with E-state index in [-0.39, 0.29) is 22.4 Å². The molecule has 1 aliphatic heterocycles. The molecule has 5 nitrogen and oxygen atoms in total. The van der Waals surface area contributed by atoms with Gasteiger partial charge in [-0.05, 0) is 50.5 Å². The first-order chi connectivity index (χ1) is 9.91. The van der Waals surface area contributed by atoms with Crippen molar-refractivity contribution >= 4 is 11.9 Å². The lowest BCUT2D eigenvalue weighted by Crippen LogP contribution is -2.43. The van der Waals surface area contributed by atoms with Crippen molar-refractivity contribution in [2.75, 3.05) is 26.7 Å². The van der Waals surface area contributed by atoms with Crippen LogP contribution >= 0.6 is 0 Å². The number of hydrogen-bond donors (Lipinski definition) is 2. The molecule has 0 aromatic heterocycles. The second-order valence-electron chi connectivity index (χ2n) is 6.15. The van der Waals surface area contributed by atoms with E-state index in [0.717, 1.165) is 25.9 Å². The Balaban J connectivity index is 2.01. The summed E-state index contributed by atoms with van der Waals surface area (Å²) in [5.74, 6) is -1.39. The van der Waals surface area contributed by atoms with Crippen molar-refractivity contribution in [2.45, 2.75) is 19.8 Å². The van der Waals surface area contributed by atoms with Gasteiger partial charge in [0.05, 0.1) is 11.1 Å². The zero-order valence-corrected chi connectivity index (χ0v) is 12.6. The lowest BCUT2D eigenvalue weighted by Gasteiger charge is -2.38. The number of benzene rings is 1. The van der Waals surface area contributed by atoms with Gasteiger partial charge in [-0.15, -0.1) is 0 Å². The van der Waals surface area contributed by atoms with Gasteiger partial charge in [0.25, 0.3) is 5.91 Å². The Morgan fingerprint density at radius 3 is 2.38 bits per heavy atom. The normalized spacial score (nSPS) is 18.2. The number of carbonyl (C=O) groups excluding carboxylic acids is 1. The van der Waals surface area contributed by atoms with Gasteiger partial charge in [0.1, 0.15) is 0 Å². The number of carbonyl (C=O) groups is 2. The number of carboxylic acids is 1. The molecule has 0 radical (unpaired) electrons. The minimum Gasteiger partial charge on any atom is -0.478 e. The molecule has 1 aromatic rings. The molecule has 0 atom stereocenters. The number of carboxylic acid groups (broad SMARTS) is 1.